The molecule has 27 heavy (non-hydrogen) atoms. The number of anilines is 3. The summed E-state index contributed by atoms with van der Waals surface area (Å²) in [6.07, 6.45) is -0.609. The average molecular weight is 361 g/mol. The fourth-order valence-corrected chi connectivity index (χ4v) is 2.34. The summed E-state index contributed by atoms with van der Waals surface area (Å²) in [6.45, 7) is 1.98. The minimum absolute atomic E-state index is 0.372. The van der Waals surface area contributed by atoms with Crippen LogP contribution in [0.2, 0.25) is 0 Å². The molecular formula is C21H19N3O3. The van der Waals surface area contributed by atoms with E-state index in [1.807, 2.05) is 37.3 Å². The molecule has 0 unspecified atom stereocenters. The van der Waals surface area contributed by atoms with Crippen LogP contribution in [0.5, 0.6) is 5.75 Å². The van der Waals surface area contributed by atoms with Gasteiger partial charge in [0, 0.05) is 17.1 Å². The van der Waals surface area contributed by atoms with Crippen molar-refractivity contribution in [1.82, 2.24) is 0 Å². The van der Waals surface area contributed by atoms with Crippen LogP contribution in [0.15, 0.2) is 78.9 Å². The molecule has 0 aliphatic heterocycles. The minimum Gasteiger partial charge on any atom is -0.410 e. The maximum atomic E-state index is 12.1. The minimum atomic E-state index is -0.609. The molecule has 6 heteroatoms. The predicted molar refractivity (Wildman–Crippen MR) is 106 cm³/mol. The van der Waals surface area contributed by atoms with Gasteiger partial charge in [0.15, 0.2) is 0 Å². The maximum absolute atomic E-state index is 12.1. The Labute approximate surface area is 157 Å². The summed E-state index contributed by atoms with van der Waals surface area (Å²) in [5.41, 5.74) is 2.85. The average Bonchev–Trinajstić information content (AvgIpc) is 2.64. The zero-order valence-corrected chi connectivity index (χ0v) is 14.7. The second-order valence-electron chi connectivity index (χ2n) is 5.85. The van der Waals surface area contributed by atoms with Crippen molar-refractivity contribution in [1.29, 1.82) is 0 Å². The van der Waals surface area contributed by atoms with Crippen molar-refractivity contribution in [3.05, 3.63) is 84.4 Å². The number of aryl methyl sites for hydroxylation is 1. The summed E-state index contributed by atoms with van der Waals surface area (Å²) in [7, 11) is 0. The van der Waals surface area contributed by atoms with Crippen LogP contribution in [0.25, 0.3) is 0 Å². The van der Waals surface area contributed by atoms with E-state index >= 15 is 0 Å². The van der Waals surface area contributed by atoms with Crippen molar-refractivity contribution in [3.63, 3.8) is 0 Å². The SMILES string of the molecule is Cc1ccc(NC(=O)Nc2cccc(NC(=O)Oc3ccccc3)c2)cc1. The van der Waals surface area contributed by atoms with E-state index in [1.165, 1.54) is 0 Å². The van der Waals surface area contributed by atoms with Crippen LogP contribution in [0.3, 0.4) is 0 Å². The summed E-state index contributed by atoms with van der Waals surface area (Å²) in [6, 6.07) is 22.7. The molecule has 0 saturated carbocycles. The maximum Gasteiger partial charge on any atom is 0.417 e. The third kappa shape index (κ3) is 5.61. The number of ether oxygens (including phenoxy) is 1. The predicted octanol–water partition coefficient (Wildman–Crippen LogP) is 5.25. The van der Waals surface area contributed by atoms with Gasteiger partial charge in [-0.15, -0.1) is 0 Å². The van der Waals surface area contributed by atoms with Crippen LogP contribution in [0.4, 0.5) is 26.7 Å². The molecule has 136 valence electrons. The van der Waals surface area contributed by atoms with Crippen LogP contribution < -0.4 is 20.7 Å². The second-order valence-corrected chi connectivity index (χ2v) is 5.85. The number of carbonyl (C=O) groups is 2. The number of para-hydroxylation sites is 1. The topological polar surface area (TPSA) is 79.5 Å². The van der Waals surface area contributed by atoms with Gasteiger partial charge in [0.05, 0.1) is 0 Å². The van der Waals surface area contributed by atoms with Crippen molar-refractivity contribution in [3.8, 4) is 5.75 Å². The Balaban J connectivity index is 1.57. The molecule has 0 bridgehead atoms. The number of amides is 3. The number of hydrogen-bond donors (Lipinski definition) is 3. The molecule has 0 aromatic heterocycles. The van der Waals surface area contributed by atoms with E-state index in [2.05, 4.69) is 16.0 Å². The van der Waals surface area contributed by atoms with Gasteiger partial charge in [0.1, 0.15) is 5.75 Å². The summed E-state index contributed by atoms with van der Waals surface area (Å²) in [5.74, 6) is 0.446. The van der Waals surface area contributed by atoms with Crippen LogP contribution in [-0.2, 0) is 0 Å². The molecule has 0 heterocycles. The molecule has 0 radical (unpaired) electrons. The van der Waals surface area contributed by atoms with Gasteiger partial charge in [-0.25, -0.2) is 9.59 Å². The number of carbonyl (C=O) groups excluding carboxylic acids is 2. The molecule has 0 fully saturated rings. The van der Waals surface area contributed by atoms with Crippen molar-refractivity contribution in [2.24, 2.45) is 0 Å². The third-order valence-corrected chi connectivity index (χ3v) is 3.63. The zero-order chi connectivity index (χ0) is 19.1. The molecule has 0 aliphatic rings. The number of urea groups is 1. The Morgan fingerprint density at radius 3 is 2.04 bits per heavy atom. The highest BCUT2D eigenvalue weighted by atomic mass is 16.6. The van der Waals surface area contributed by atoms with E-state index in [4.69, 9.17) is 4.74 Å². The molecule has 0 saturated heterocycles. The normalized spacial score (nSPS) is 9.96. The first-order valence-electron chi connectivity index (χ1n) is 8.37. The lowest BCUT2D eigenvalue weighted by molar-refractivity contribution is 0.215. The standard InChI is InChI=1S/C21H19N3O3/c1-15-10-12-16(13-11-15)22-20(25)23-17-6-5-7-18(14-17)24-21(26)27-19-8-3-2-4-9-19/h2-14H,1H3,(H,24,26)(H2,22,23,25). The van der Waals surface area contributed by atoms with Gasteiger partial charge in [-0.3, -0.25) is 5.32 Å². The number of rotatable bonds is 4. The fraction of sp³-hybridized carbons (Fsp3) is 0.0476. The Kier molecular flexibility index (Phi) is 5.69. The van der Waals surface area contributed by atoms with E-state index in [1.54, 1.807) is 48.5 Å². The third-order valence-electron chi connectivity index (χ3n) is 3.63. The highest BCUT2D eigenvalue weighted by molar-refractivity contribution is 6.00. The Morgan fingerprint density at radius 1 is 0.704 bits per heavy atom. The van der Waals surface area contributed by atoms with Crippen LogP contribution in [0, 0.1) is 6.92 Å². The Bertz CT molecular complexity index is 925. The first-order chi connectivity index (χ1) is 13.1. The van der Waals surface area contributed by atoms with Crippen molar-refractivity contribution >= 4 is 29.2 Å². The van der Waals surface area contributed by atoms with Crippen LogP contribution in [-0.4, -0.2) is 12.1 Å². The van der Waals surface area contributed by atoms with Gasteiger partial charge >= 0.3 is 12.1 Å². The van der Waals surface area contributed by atoms with Gasteiger partial charge in [-0.05, 0) is 49.4 Å². The van der Waals surface area contributed by atoms with Gasteiger partial charge in [0.2, 0.25) is 0 Å². The lowest BCUT2D eigenvalue weighted by Crippen LogP contribution is -2.20. The monoisotopic (exact) mass is 361 g/mol. The van der Waals surface area contributed by atoms with E-state index in [0.29, 0.717) is 22.8 Å². The molecular weight excluding hydrogens is 342 g/mol. The summed E-state index contributed by atoms with van der Waals surface area (Å²) in [4.78, 5) is 24.1. The zero-order valence-electron chi connectivity index (χ0n) is 14.7. The van der Waals surface area contributed by atoms with E-state index in [0.717, 1.165) is 5.56 Å². The second kappa shape index (κ2) is 8.53. The van der Waals surface area contributed by atoms with E-state index in [9.17, 15) is 9.59 Å². The van der Waals surface area contributed by atoms with E-state index < -0.39 is 6.09 Å². The fourth-order valence-electron chi connectivity index (χ4n) is 2.34. The lowest BCUT2D eigenvalue weighted by Gasteiger charge is -2.10. The van der Waals surface area contributed by atoms with Gasteiger partial charge in [-0.2, -0.15) is 0 Å². The van der Waals surface area contributed by atoms with Crippen molar-refractivity contribution < 1.29 is 14.3 Å². The summed E-state index contributed by atoms with van der Waals surface area (Å²) >= 11 is 0. The Hall–Kier alpha value is -3.80. The molecule has 0 spiro atoms. The molecule has 0 atom stereocenters. The number of hydrogen-bond acceptors (Lipinski definition) is 3. The molecule has 3 rings (SSSR count). The first-order valence-corrected chi connectivity index (χ1v) is 8.37. The number of nitrogens with one attached hydrogen (secondary N) is 3. The largest absolute Gasteiger partial charge is 0.417 e. The smallest absolute Gasteiger partial charge is 0.410 e. The quantitative estimate of drug-likeness (QED) is 0.594. The molecule has 3 N–H and O–H groups in total. The Morgan fingerprint density at radius 2 is 1.33 bits per heavy atom. The van der Waals surface area contributed by atoms with Gasteiger partial charge in [0.25, 0.3) is 0 Å². The first kappa shape index (κ1) is 18.0. The highest BCUT2D eigenvalue weighted by Gasteiger charge is 2.07. The molecule has 0 aliphatic carbocycles. The van der Waals surface area contributed by atoms with Gasteiger partial charge < -0.3 is 15.4 Å². The summed E-state index contributed by atoms with van der Waals surface area (Å²) in [5, 5.41) is 8.10. The molecule has 6 nitrogen and oxygen atoms in total. The lowest BCUT2D eigenvalue weighted by atomic mass is 10.2. The number of benzene rings is 3. The van der Waals surface area contributed by atoms with E-state index in [-0.39, 0.29) is 6.03 Å². The van der Waals surface area contributed by atoms with Crippen LogP contribution >= 0.6 is 0 Å². The van der Waals surface area contributed by atoms with Crippen molar-refractivity contribution in [2.75, 3.05) is 16.0 Å². The summed E-state index contributed by atoms with van der Waals surface area (Å²) < 4.78 is 5.18. The molecule has 3 aromatic rings. The molecule has 3 aromatic carbocycles. The highest BCUT2D eigenvalue weighted by Crippen LogP contribution is 2.17. The molecule has 3 amide bonds. The van der Waals surface area contributed by atoms with Gasteiger partial charge in [-0.1, -0.05) is 42.0 Å². The van der Waals surface area contributed by atoms with Crippen LogP contribution in [0.1, 0.15) is 5.56 Å². The van der Waals surface area contributed by atoms with Crippen molar-refractivity contribution in [2.45, 2.75) is 6.92 Å².